The number of rotatable bonds is 4. The monoisotopic (exact) mass is 321 g/mol. The molecule has 1 aromatic carbocycles. The number of nitrogens with zero attached hydrogens (tertiary/aromatic N) is 3. The molecule has 124 valence electrons. The molecule has 0 unspecified atom stereocenters. The van der Waals surface area contributed by atoms with Crippen LogP contribution < -0.4 is 0 Å². The molecule has 0 spiro atoms. The van der Waals surface area contributed by atoms with E-state index in [4.69, 9.17) is 0 Å². The lowest BCUT2D eigenvalue weighted by Gasteiger charge is -2.23. The maximum atomic E-state index is 12.7. The van der Waals surface area contributed by atoms with Gasteiger partial charge in [-0.15, -0.1) is 0 Å². The molecule has 0 saturated carbocycles. The number of carbonyl (C=O) groups is 1. The lowest BCUT2D eigenvalue weighted by atomic mass is 10.0. The summed E-state index contributed by atoms with van der Waals surface area (Å²) in [6.45, 7) is 6.80. The van der Waals surface area contributed by atoms with Crippen LogP contribution in [0.2, 0.25) is 0 Å². The Balaban J connectivity index is 1.86. The Morgan fingerprint density at radius 3 is 2.67 bits per heavy atom. The molecule has 0 fully saturated rings. The number of hydrogen-bond donors (Lipinski definition) is 0. The molecule has 1 aliphatic heterocycles. The van der Waals surface area contributed by atoms with Crippen LogP contribution in [0.15, 0.2) is 42.6 Å². The predicted octanol–water partition coefficient (Wildman–Crippen LogP) is 3.81. The summed E-state index contributed by atoms with van der Waals surface area (Å²) >= 11 is 0. The van der Waals surface area contributed by atoms with E-state index >= 15 is 0 Å². The minimum Gasteiger partial charge on any atom is -0.329 e. The van der Waals surface area contributed by atoms with Crippen LogP contribution in [-0.4, -0.2) is 33.4 Å². The van der Waals surface area contributed by atoms with Gasteiger partial charge in [0.2, 0.25) is 0 Å². The highest BCUT2D eigenvalue weighted by Gasteiger charge is 2.24. The fraction of sp³-hybridized carbons (Fsp3) is 0.350. The van der Waals surface area contributed by atoms with Gasteiger partial charge >= 0.3 is 0 Å². The first-order chi connectivity index (χ1) is 11.6. The molecule has 24 heavy (non-hydrogen) atoms. The first-order valence-corrected chi connectivity index (χ1v) is 8.54. The Morgan fingerprint density at radius 1 is 1.25 bits per heavy atom. The Morgan fingerprint density at radius 2 is 2.00 bits per heavy atom. The van der Waals surface area contributed by atoms with Crippen molar-refractivity contribution in [1.82, 2.24) is 14.9 Å². The Bertz CT molecular complexity index is 765. The first-order valence-electron chi connectivity index (χ1n) is 8.54. The van der Waals surface area contributed by atoms with Crippen molar-refractivity contribution in [1.29, 1.82) is 0 Å². The molecular weight excluding hydrogens is 298 g/mol. The van der Waals surface area contributed by atoms with Crippen molar-refractivity contribution in [2.45, 2.75) is 39.7 Å². The van der Waals surface area contributed by atoms with Gasteiger partial charge in [-0.05, 0) is 37.5 Å². The lowest BCUT2D eigenvalue weighted by Crippen LogP contribution is -2.35. The fourth-order valence-corrected chi connectivity index (χ4v) is 3.10. The zero-order valence-electron chi connectivity index (χ0n) is 14.5. The van der Waals surface area contributed by atoms with Gasteiger partial charge in [-0.3, -0.25) is 4.79 Å². The third kappa shape index (κ3) is 3.09. The molecule has 0 N–H and O–H groups in total. The average Bonchev–Trinajstić information content (AvgIpc) is 3.10. The largest absolute Gasteiger partial charge is 0.329 e. The van der Waals surface area contributed by atoms with E-state index in [0.29, 0.717) is 6.54 Å². The molecule has 4 heteroatoms. The summed E-state index contributed by atoms with van der Waals surface area (Å²) in [4.78, 5) is 23.5. The second kappa shape index (κ2) is 6.95. The van der Waals surface area contributed by atoms with Crippen LogP contribution in [0.5, 0.6) is 0 Å². The second-order valence-corrected chi connectivity index (χ2v) is 6.08. The van der Waals surface area contributed by atoms with Crippen LogP contribution in [-0.2, 0) is 6.42 Å². The molecule has 1 aliphatic rings. The SMILES string of the molecule is CCc1cnc(C)nc1-c1ccc(C(=O)N2CC=C[C@@H]2CC)cc1. The minimum absolute atomic E-state index is 0.0907. The van der Waals surface area contributed by atoms with Crippen molar-refractivity contribution in [3.8, 4) is 11.3 Å². The van der Waals surface area contributed by atoms with Gasteiger partial charge < -0.3 is 4.90 Å². The van der Waals surface area contributed by atoms with Gasteiger partial charge in [-0.2, -0.15) is 0 Å². The van der Waals surface area contributed by atoms with Crippen molar-refractivity contribution in [2.24, 2.45) is 0 Å². The van der Waals surface area contributed by atoms with Crippen LogP contribution in [0.4, 0.5) is 0 Å². The van der Waals surface area contributed by atoms with E-state index in [1.54, 1.807) is 0 Å². The highest BCUT2D eigenvalue weighted by Crippen LogP contribution is 2.23. The zero-order chi connectivity index (χ0) is 17.1. The highest BCUT2D eigenvalue weighted by molar-refractivity contribution is 5.95. The van der Waals surface area contributed by atoms with Gasteiger partial charge in [0.1, 0.15) is 5.82 Å². The standard InChI is InChI=1S/C20H23N3O/c1-4-15-13-21-14(3)22-19(15)16-8-10-17(11-9-16)20(24)23-12-6-7-18(23)5-2/h6-11,13,18H,4-5,12H2,1-3H3/t18-/m0/s1. The van der Waals surface area contributed by atoms with Crippen LogP contribution in [0.25, 0.3) is 11.3 Å². The minimum atomic E-state index is 0.0907. The van der Waals surface area contributed by atoms with E-state index in [1.165, 1.54) is 0 Å². The summed E-state index contributed by atoms with van der Waals surface area (Å²) in [6, 6.07) is 7.99. The Kier molecular flexibility index (Phi) is 4.74. The highest BCUT2D eigenvalue weighted by atomic mass is 16.2. The van der Waals surface area contributed by atoms with Gasteiger partial charge in [-0.1, -0.05) is 38.1 Å². The third-order valence-corrected chi connectivity index (χ3v) is 4.51. The summed E-state index contributed by atoms with van der Waals surface area (Å²) in [5.41, 5.74) is 3.83. The van der Waals surface area contributed by atoms with Gasteiger partial charge in [0.25, 0.3) is 5.91 Å². The Labute approximate surface area is 143 Å². The number of carbonyl (C=O) groups excluding carboxylic acids is 1. The molecule has 0 saturated heterocycles. The average molecular weight is 321 g/mol. The molecule has 3 rings (SSSR count). The third-order valence-electron chi connectivity index (χ3n) is 4.51. The van der Waals surface area contributed by atoms with E-state index < -0.39 is 0 Å². The maximum Gasteiger partial charge on any atom is 0.254 e. The number of hydrogen-bond acceptors (Lipinski definition) is 3. The topological polar surface area (TPSA) is 46.1 Å². The van der Waals surface area contributed by atoms with Crippen molar-refractivity contribution in [3.05, 3.63) is 59.6 Å². The summed E-state index contributed by atoms with van der Waals surface area (Å²) in [7, 11) is 0. The van der Waals surface area contributed by atoms with Gasteiger partial charge in [0.15, 0.2) is 0 Å². The number of aromatic nitrogens is 2. The number of benzene rings is 1. The first kappa shape index (κ1) is 16.4. The normalized spacial score (nSPS) is 16.6. The van der Waals surface area contributed by atoms with E-state index in [-0.39, 0.29) is 11.9 Å². The quantitative estimate of drug-likeness (QED) is 0.805. The van der Waals surface area contributed by atoms with Crippen molar-refractivity contribution in [2.75, 3.05) is 6.54 Å². The zero-order valence-corrected chi connectivity index (χ0v) is 14.5. The summed E-state index contributed by atoms with van der Waals surface area (Å²) in [5, 5.41) is 0. The number of aryl methyl sites for hydroxylation is 2. The lowest BCUT2D eigenvalue weighted by molar-refractivity contribution is 0.0747. The molecule has 4 nitrogen and oxygen atoms in total. The van der Waals surface area contributed by atoms with Gasteiger partial charge in [-0.25, -0.2) is 9.97 Å². The smallest absolute Gasteiger partial charge is 0.254 e. The molecular formula is C20H23N3O. The molecule has 2 heterocycles. The van der Waals surface area contributed by atoms with Gasteiger partial charge in [0, 0.05) is 23.9 Å². The van der Waals surface area contributed by atoms with E-state index in [2.05, 4.69) is 36.0 Å². The Hall–Kier alpha value is -2.49. The molecule has 2 aromatic rings. The van der Waals surface area contributed by atoms with Crippen molar-refractivity contribution in [3.63, 3.8) is 0 Å². The summed E-state index contributed by atoms with van der Waals surface area (Å²) in [5.74, 6) is 0.851. The fourth-order valence-electron chi connectivity index (χ4n) is 3.10. The molecule has 0 radical (unpaired) electrons. The molecule has 1 aromatic heterocycles. The predicted molar refractivity (Wildman–Crippen MR) is 95.8 cm³/mol. The van der Waals surface area contributed by atoms with E-state index in [1.807, 2.05) is 42.3 Å². The van der Waals surface area contributed by atoms with Crippen molar-refractivity contribution < 1.29 is 4.79 Å². The maximum absolute atomic E-state index is 12.7. The van der Waals surface area contributed by atoms with Crippen LogP contribution in [0, 0.1) is 6.92 Å². The van der Waals surface area contributed by atoms with Crippen LogP contribution >= 0.6 is 0 Å². The summed E-state index contributed by atoms with van der Waals surface area (Å²) in [6.07, 6.45) is 7.90. The van der Waals surface area contributed by atoms with Crippen molar-refractivity contribution >= 4 is 5.91 Å². The van der Waals surface area contributed by atoms with Crippen LogP contribution in [0.1, 0.15) is 42.0 Å². The molecule has 1 atom stereocenters. The van der Waals surface area contributed by atoms with Gasteiger partial charge in [0.05, 0.1) is 11.7 Å². The van der Waals surface area contributed by atoms with E-state index in [0.717, 1.165) is 41.1 Å². The number of amides is 1. The molecule has 1 amide bonds. The second-order valence-electron chi connectivity index (χ2n) is 6.08. The van der Waals surface area contributed by atoms with E-state index in [9.17, 15) is 4.79 Å². The summed E-state index contributed by atoms with van der Waals surface area (Å²) < 4.78 is 0. The molecule has 0 bridgehead atoms. The van der Waals surface area contributed by atoms with Crippen LogP contribution in [0.3, 0.4) is 0 Å². The molecule has 0 aliphatic carbocycles.